The normalized spacial score (nSPS) is 16.5. The van der Waals surface area contributed by atoms with Crippen molar-refractivity contribution in [2.45, 2.75) is 6.17 Å². The van der Waals surface area contributed by atoms with Crippen molar-refractivity contribution in [1.29, 1.82) is 0 Å². The molecule has 2 aliphatic heterocycles. The number of ether oxygens (including phenoxy) is 3. The number of fused-ring (bicyclic) bond motifs is 5. The smallest absolute Gasteiger partial charge is 0.264 e. The Kier molecular flexibility index (Phi) is 4.32. The maximum atomic E-state index is 13.7. The van der Waals surface area contributed by atoms with E-state index in [4.69, 9.17) is 14.2 Å². The molecule has 0 fully saturated rings. The predicted molar refractivity (Wildman–Crippen MR) is 115 cm³/mol. The molecule has 0 unspecified atom stereocenters. The van der Waals surface area contributed by atoms with Gasteiger partial charge in [-0.3, -0.25) is 19.4 Å². The van der Waals surface area contributed by atoms with Crippen molar-refractivity contribution < 1.29 is 23.8 Å². The zero-order chi connectivity index (χ0) is 21.7. The third-order valence-electron chi connectivity index (χ3n) is 5.74. The second kappa shape index (κ2) is 7.05. The Morgan fingerprint density at radius 1 is 0.742 bits per heavy atom. The summed E-state index contributed by atoms with van der Waals surface area (Å²) >= 11 is 0. The van der Waals surface area contributed by atoms with E-state index in [0.717, 1.165) is 0 Å². The van der Waals surface area contributed by atoms with Crippen LogP contribution in [-0.4, -0.2) is 33.1 Å². The van der Waals surface area contributed by atoms with Crippen molar-refractivity contribution in [1.82, 2.24) is 0 Å². The number of hydrogen-bond donors (Lipinski definition) is 0. The molecule has 0 saturated heterocycles. The van der Waals surface area contributed by atoms with Gasteiger partial charge in [0.05, 0.1) is 38.1 Å². The van der Waals surface area contributed by atoms with Crippen molar-refractivity contribution in [3.05, 3.63) is 77.4 Å². The maximum absolute atomic E-state index is 13.7. The quantitative estimate of drug-likeness (QED) is 0.642. The first-order valence-corrected chi connectivity index (χ1v) is 9.75. The van der Waals surface area contributed by atoms with E-state index in [0.29, 0.717) is 45.3 Å². The molecule has 0 N–H and O–H groups in total. The van der Waals surface area contributed by atoms with Gasteiger partial charge in [0.2, 0.25) is 0 Å². The minimum atomic E-state index is -0.641. The molecule has 3 aromatic carbocycles. The van der Waals surface area contributed by atoms with Crippen LogP contribution in [0.15, 0.2) is 60.7 Å². The summed E-state index contributed by atoms with van der Waals surface area (Å²) in [5.74, 6) is 1.08. The lowest BCUT2D eigenvalue weighted by Gasteiger charge is -2.40. The highest BCUT2D eigenvalue weighted by atomic mass is 16.5. The Morgan fingerprint density at radius 2 is 1.48 bits per heavy atom. The number of hydrogen-bond acceptors (Lipinski definition) is 5. The van der Waals surface area contributed by atoms with Gasteiger partial charge in [-0.1, -0.05) is 18.2 Å². The topological polar surface area (TPSA) is 68.3 Å². The summed E-state index contributed by atoms with van der Waals surface area (Å²) in [6.07, 6.45) is -0.641. The molecule has 0 radical (unpaired) electrons. The number of rotatable bonds is 4. The van der Waals surface area contributed by atoms with Gasteiger partial charge in [-0.25, -0.2) is 0 Å². The SMILES string of the molecule is COc1ccc(N2C(=O)c3ccccc3N3C(=O)c4c(ccc(OC)c4OC)[C@H]23)cc1. The third kappa shape index (κ3) is 2.59. The van der Waals surface area contributed by atoms with Gasteiger partial charge in [0.1, 0.15) is 11.9 Å². The third-order valence-corrected chi connectivity index (χ3v) is 5.74. The minimum Gasteiger partial charge on any atom is -0.497 e. The van der Waals surface area contributed by atoms with Gasteiger partial charge >= 0.3 is 0 Å². The fourth-order valence-corrected chi connectivity index (χ4v) is 4.35. The molecule has 3 aromatic rings. The Bertz CT molecular complexity index is 1210. The van der Waals surface area contributed by atoms with Gasteiger partial charge in [-0.15, -0.1) is 0 Å². The summed E-state index contributed by atoms with van der Waals surface area (Å²) in [6.45, 7) is 0. The Balaban J connectivity index is 1.77. The van der Waals surface area contributed by atoms with Gasteiger partial charge in [-0.2, -0.15) is 0 Å². The number of anilines is 2. The summed E-state index contributed by atoms with van der Waals surface area (Å²) in [4.78, 5) is 30.5. The van der Waals surface area contributed by atoms with E-state index in [-0.39, 0.29) is 11.8 Å². The number of amides is 2. The maximum Gasteiger partial charge on any atom is 0.264 e. The van der Waals surface area contributed by atoms with E-state index in [9.17, 15) is 9.59 Å². The average molecular weight is 416 g/mol. The van der Waals surface area contributed by atoms with Crippen LogP contribution in [0, 0.1) is 0 Å². The second-order valence-electron chi connectivity index (χ2n) is 7.20. The molecule has 31 heavy (non-hydrogen) atoms. The highest BCUT2D eigenvalue weighted by molar-refractivity contribution is 6.22. The number of carbonyl (C=O) groups is 2. The molecular weight excluding hydrogens is 396 g/mol. The van der Waals surface area contributed by atoms with E-state index in [1.165, 1.54) is 14.2 Å². The molecule has 2 aliphatic rings. The van der Waals surface area contributed by atoms with Crippen LogP contribution in [0.1, 0.15) is 32.4 Å². The van der Waals surface area contributed by atoms with Gasteiger partial charge in [0.15, 0.2) is 11.5 Å². The van der Waals surface area contributed by atoms with E-state index < -0.39 is 6.17 Å². The summed E-state index contributed by atoms with van der Waals surface area (Å²) in [6, 6.07) is 17.9. The van der Waals surface area contributed by atoms with Crippen LogP contribution < -0.4 is 24.0 Å². The Hall–Kier alpha value is -4.00. The van der Waals surface area contributed by atoms with Gasteiger partial charge in [0.25, 0.3) is 11.8 Å². The van der Waals surface area contributed by atoms with Crippen LogP contribution in [0.2, 0.25) is 0 Å². The molecule has 7 nitrogen and oxygen atoms in total. The zero-order valence-corrected chi connectivity index (χ0v) is 17.3. The van der Waals surface area contributed by atoms with Crippen molar-refractivity contribution in [3.63, 3.8) is 0 Å². The Morgan fingerprint density at radius 3 is 2.16 bits per heavy atom. The molecule has 0 saturated carbocycles. The average Bonchev–Trinajstić information content (AvgIpc) is 3.11. The summed E-state index contributed by atoms with van der Waals surface area (Å²) in [7, 11) is 4.62. The molecule has 7 heteroatoms. The van der Waals surface area contributed by atoms with Gasteiger partial charge in [-0.05, 0) is 42.5 Å². The molecule has 2 heterocycles. The summed E-state index contributed by atoms with van der Waals surface area (Å²) in [5, 5.41) is 0. The molecule has 0 bridgehead atoms. The highest BCUT2D eigenvalue weighted by Gasteiger charge is 2.50. The second-order valence-corrected chi connectivity index (χ2v) is 7.20. The summed E-state index contributed by atoms with van der Waals surface area (Å²) in [5.41, 5.74) is 2.77. The Labute approximate surface area is 179 Å². The van der Waals surface area contributed by atoms with Gasteiger partial charge in [0, 0.05) is 11.3 Å². The van der Waals surface area contributed by atoms with E-state index in [2.05, 4.69) is 0 Å². The van der Waals surface area contributed by atoms with Crippen LogP contribution in [0.5, 0.6) is 17.2 Å². The molecule has 0 aromatic heterocycles. The number of benzene rings is 3. The minimum absolute atomic E-state index is 0.183. The lowest BCUT2D eigenvalue weighted by Crippen LogP contribution is -2.48. The fraction of sp³-hybridized carbons (Fsp3) is 0.167. The molecule has 0 aliphatic carbocycles. The monoisotopic (exact) mass is 416 g/mol. The number of carbonyl (C=O) groups excluding carboxylic acids is 2. The van der Waals surface area contributed by atoms with Crippen LogP contribution in [-0.2, 0) is 0 Å². The largest absolute Gasteiger partial charge is 0.497 e. The van der Waals surface area contributed by atoms with Crippen molar-refractivity contribution in [2.75, 3.05) is 31.1 Å². The predicted octanol–water partition coefficient (Wildman–Crippen LogP) is 4.03. The fourth-order valence-electron chi connectivity index (χ4n) is 4.35. The lowest BCUT2D eigenvalue weighted by atomic mass is 10.0. The van der Waals surface area contributed by atoms with Crippen molar-refractivity contribution in [3.8, 4) is 17.2 Å². The van der Waals surface area contributed by atoms with E-state index in [1.807, 2.05) is 24.3 Å². The van der Waals surface area contributed by atoms with Crippen LogP contribution in [0.4, 0.5) is 11.4 Å². The molecule has 0 spiro atoms. The van der Waals surface area contributed by atoms with Crippen molar-refractivity contribution >= 4 is 23.2 Å². The standard InChI is InChI=1S/C24H20N2O5/c1-29-15-10-8-14(9-11-15)25-22-17-12-13-19(30-2)21(31-3)20(17)24(28)26(22)18-7-5-4-6-16(18)23(25)27/h4-13,22H,1-3H3/t22-/m1/s1. The summed E-state index contributed by atoms with van der Waals surface area (Å²) < 4.78 is 16.2. The molecular formula is C24H20N2O5. The number of nitrogens with zero attached hydrogens (tertiary/aromatic N) is 2. The lowest BCUT2D eigenvalue weighted by molar-refractivity contribution is 0.0948. The highest BCUT2D eigenvalue weighted by Crippen LogP contribution is 2.50. The van der Waals surface area contributed by atoms with Crippen LogP contribution >= 0.6 is 0 Å². The zero-order valence-electron chi connectivity index (χ0n) is 17.3. The van der Waals surface area contributed by atoms with Crippen LogP contribution in [0.3, 0.4) is 0 Å². The number of para-hydroxylation sites is 1. The first kappa shape index (κ1) is 19.0. The van der Waals surface area contributed by atoms with E-state index >= 15 is 0 Å². The molecule has 156 valence electrons. The van der Waals surface area contributed by atoms with Gasteiger partial charge < -0.3 is 14.2 Å². The van der Waals surface area contributed by atoms with E-state index in [1.54, 1.807) is 53.3 Å². The van der Waals surface area contributed by atoms with Crippen LogP contribution in [0.25, 0.3) is 0 Å². The molecule has 5 rings (SSSR count). The first-order chi connectivity index (χ1) is 15.1. The molecule has 2 amide bonds. The first-order valence-electron chi connectivity index (χ1n) is 9.75. The van der Waals surface area contributed by atoms with Crippen molar-refractivity contribution in [2.24, 2.45) is 0 Å². The number of methoxy groups -OCH3 is 3. The molecule has 1 atom stereocenters.